The SMILES string of the molecule is NCC(O)C(=O)N1C(=O)CSc2ccc(N)cc21. The van der Waals surface area contributed by atoms with Crippen molar-refractivity contribution in [2.45, 2.75) is 11.0 Å². The Morgan fingerprint density at radius 2 is 2.28 bits per heavy atom. The first-order valence-electron chi connectivity index (χ1n) is 5.32. The van der Waals surface area contributed by atoms with E-state index in [1.807, 2.05) is 0 Å². The van der Waals surface area contributed by atoms with Gasteiger partial charge in [0.2, 0.25) is 5.91 Å². The summed E-state index contributed by atoms with van der Waals surface area (Å²) in [6, 6.07) is 4.99. The van der Waals surface area contributed by atoms with Crippen LogP contribution in [0.25, 0.3) is 0 Å². The van der Waals surface area contributed by atoms with E-state index in [9.17, 15) is 14.7 Å². The van der Waals surface area contributed by atoms with Gasteiger partial charge in [-0.15, -0.1) is 11.8 Å². The Balaban J connectivity index is 2.44. The summed E-state index contributed by atoms with van der Waals surface area (Å²) in [6.07, 6.45) is -1.38. The van der Waals surface area contributed by atoms with Gasteiger partial charge in [0, 0.05) is 17.1 Å². The predicted molar refractivity (Wildman–Crippen MR) is 69.1 cm³/mol. The van der Waals surface area contributed by atoms with Gasteiger partial charge in [-0.05, 0) is 18.2 Å². The zero-order valence-electron chi connectivity index (χ0n) is 9.50. The molecule has 1 heterocycles. The first kappa shape index (κ1) is 12.9. The molecule has 1 unspecified atom stereocenters. The second-order valence-corrected chi connectivity index (χ2v) is 4.85. The minimum absolute atomic E-state index is 0.153. The van der Waals surface area contributed by atoms with E-state index in [0.29, 0.717) is 11.4 Å². The standard InChI is InChI=1S/C11H13N3O3S/c12-4-8(15)11(17)14-7-3-6(13)1-2-9(7)18-5-10(14)16/h1-3,8,15H,4-5,12-13H2. The van der Waals surface area contributed by atoms with E-state index < -0.39 is 12.0 Å². The Morgan fingerprint density at radius 1 is 1.56 bits per heavy atom. The molecule has 0 aliphatic carbocycles. The lowest BCUT2D eigenvalue weighted by Gasteiger charge is -2.28. The maximum Gasteiger partial charge on any atom is 0.263 e. The van der Waals surface area contributed by atoms with E-state index in [1.54, 1.807) is 18.2 Å². The van der Waals surface area contributed by atoms with Crippen LogP contribution in [0.15, 0.2) is 23.1 Å². The van der Waals surface area contributed by atoms with Crippen LogP contribution in [0.1, 0.15) is 0 Å². The predicted octanol–water partition coefficient (Wildman–Crippen LogP) is -0.446. The average molecular weight is 267 g/mol. The number of carbonyl (C=O) groups excluding carboxylic acids is 2. The molecule has 6 nitrogen and oxygen atoms in total. The average Bonchev–Trinajstić information content (AvgIpc) is 2.36. The molecule has 1 aromatic carbocycles. The van der Waals surface area contributed by atoms with Crippen LogP contribution < -0.4 is 16.4 Å². The molecule has 0 spiro atoms. The van der Waals surface area contributed by atoms with Gasteiger partial charge in [-0.2, -0.15) is 0 Å². The fourth-order valence-corrected chi connectivity index (χ4v) is 2.53. The van der Waals surface area contributed by atoms with Gasteiger partial charge < -0.3 is 16.6 Å². The number of carbonyl (C=O) groups is 2. The van der Waals surface area contributed by atoms with E-state index >= 15 is 0 Å². The molecule has 0 bridgehead atoms. The number of aliphatic hydroxyl groups is 1. The number of rotatable bonds is 2. The first-order chi connectivity index (χ1) is 8.54. The van der Waals surface area contributed by atoms with Gasteiger partial charge in [0.1, 0.15) is 6.10 Å². The monoisotopic (exact) mass is 267 g/mol. The van der Waals surface area contributed by atoms with Crippen molar-refractivity contribution in [2.75, 3.05) is 22.9 Å². The highest BCUT2D eigenvalue weighted by Crippen LogP contribution is 2.36. The molecule has 1 atom stereocenters. The molecule has 0 aromatic heterocycles. The normalized spacial score (nSPS) is 16.3. The van der Waals surface area contributed by atoms with Gasteiger partial charge in [-0.1, -0.05) is 0 Å². The molecular weight excluding hydrogens is 254 g/mol. The third kappa shape index (κ3) is 2.20. The molecule has 0 radical (unpaired) electrons. The topological polar surface area (TPSA) is 110 Å². The van der Waals surface area contributed by atoms with Gasteiger partial charge in [-0.3, -0.25) is 9.59 Å². The van der Waals surface area contributed by atoms with E-state index in [4.69, 9.17) is 11.5 Å². The van der Waals surface area contributed by atoms with Crippen LogP contribution in [0.2, 0.25) is 0 Å². The van der Waals surface area contributed by atoms with Gasteiger partial charge >= 0.3 is 0 Å². The van der Waals surface area contributed by atoms with Gasteiger partial charge in [0.05, 0.1) is 11.4 Å². The molecule has 1 aromatic rings. The Kier molecular flexibility index (Phi) is 3.55. The fraction of sp³-hybridized carbons (Fsp3) is 0.273. The summed E-state index contributed by atoms with van der Waals surface area (Å²) in [5.41, 5.74) is 11.7. The van der Waals surface area contributed by atoms with Crippen LogP contribution >= 0.6 is 11.8 Å². The quantitative estimate of drug-likeness (QED) is 0.626. The molecule has 2 amide bonds. The summed E-state index contributed by atoms with van der Waals surface area (Å²) in [5, 5.41) is 9.48. The lowest BCUT2D eigenvalue weighted by Crippen LogP contribution is -2.48. The maximum absolute atomic E-state index is 11.9. The number of hydrogen-bond donors (Lipinski definition) is 3. The molecule has 2 rings (SSSR count). The van der Waals surface area contributed by atoms with E-state index in [-0.39, 0.29) is 18.2 Å². The minimum atomic E-state index is -1.38. The van der Waals surface area contributed by atoms with Gasteiger partial charge in [0.25, 0.3) is 5.91 Å². The van der Waals surface area contributed by atoms with E-state index in [2.05, 4.69) is 0 Å². The van der Waals surface area contributed by atoms with Crippen LogP contribution in [-0.4, -0.2) is 35.3 Å². The Hall–Kier alpha value is -1.57. The molecule has 1 aliphatic rings. The highest BCUT2D eigenvalue weighted by Gasteiger charge is 2.33. The number of nitrogens with two attached hydrogens (primary N) is 2. The molecular formula is C11H13N3O3S. The second-order valence-electron chi connectivity index (χ2n) is 3.83. The minimum Gasteiger partial charge on any atom is -0.399 e. The number of nitrogens with zero attached hydrogens (tertiary/aromatic N) is 1. The molecule has 18 heavy (non-hydrogen) atoms. The van der Waals surface area contributed by atoms with Crippen LogP contribution in [-0.2, 0) is 9.59 Å². The van der Waals surface area contributed by atoms with Crippen molar-refractivity contribution in [3.8, 4) is 0 Å². The van der Waals surface area contributed by atoms with Crippen molar-refractivity contribution in [3.63, 3.8) is 0 Å². The van der Waals surface area contributed by atoms with Gasteiger partial charge in [-0.25, -0.2) is 4.90 Å². The van der Waals surface area contributed by atoms with Crippen molar-refractivity contribution >= 4 is 35.0 Å². The van der Waals surface area contributed by atoms with Crippen molar-refractivity contribution in [1.29, 1.82) is 0 Å². The fourth-order valence-electron chi connectivity index (χ4n) is 1.66. The molecule has 1 aliphatic heterocycles. The number of amides is 2. The highest BCUT2D eigenvalue weighted by molar-refractivity contribution is 8.00. The van der Waals surface area contributed by atoms with Crippen molar-refractivity contribution in [1.82, 2.24) is 0 Å². The second kappa shape index (κ2) is 4.97. The highest BCUT2D eigenvalue weighted by atomic mass is 32.2. The molecule has 0 saturated carbocycles. The zero-order chi connectivity index (χ0) is 13.3. The van der Waals surface area contributed by atoms with Crippen LogP contribution in [0.3, 0.4) is 0 Å². The molecule has 0 fully saturated rings. The number of aliphatic hydroxyl groups excluding tert-OH is 1. The molecule has 96 valence electrons. The smallest absolute Gasteiger partial charge is 0.263 e. The van der Waals surface area contributed by atoms with Crippen LogP contribution in [0.5, 0.6) is 0 Å². The summed E-state index contributed by atoms with van der Waals surface area (Å²) in [7, 11) is 0. The number of imide groups is 1. The van der Waals surface area contributed by atoms with Crippen molar-refractivity contribution in [3.05, 3.63) is 18.2 Å². The van der Waals surface area contributed by atoms with Crippen LogP contribution in [0.4, 0.5) is 11.4 Å². The zero-order valence-corrected chi connectivity index (χ0v) is 10.3. The summed E-state index contributed by atoms with van der Waals surface area (Å²) in [6.45, 7) is -0.229. The Labute approximate surface area is 108 Å². The van der Waals surface area contributed by atoms with E-state index in [1.165, 1.54) is 11.8 Å². The number of nitrogen functional groups attached to an aromatic ring is 1. The molecule has 7 heteroatoms. The van der Waals surface area contributed by atoms with Crippen LogP contribution in [0, 0.1) is 0 Å². The number of anilines is 2. The van der Waals surface area contributed by atoms with Gasteiger partial charge in [0.15, 0.2) is 0 Å². The maximum atomic E-state index is 11.9. The third-order valence-corrected chi connectivity index (χ3v) is 3.60. The lowest BCUT2D eigenvalue weighted by atomic mass is 10.2. The number of hydrogen-bond acceptors (Lipinski definition) is 6. The number of fused-ring (bicyclic) bond motifs is 1. The summed E-state index contributed by atoms with van der Waals surface area (Å²) < 4.78 is 0. The number of thioether (sulfide) groups is 1. The Bertz CT molecular complexity index is 506. The summed E-state index contributed by atoms with van der Waals surface area (Å²) in [4.78, 5) is 25.5. The lowest BCUT2D eigenvalue weighted by molar-refractivity contribution is -0.130. The summed E-state index contributed by atoms with van der Waals surface area (Å²) in [5.74, 6) is -0.940. The number of benzene rings is 1. The first-order valence-corrected chi connectivity index (χ1v) is 6.30. The van der Waals surface area contributed by atoms with Crippen molar-refractivity contribution in [2.24, 2.45) is 5.73 Å². The molecule has 0 saturated heterocycles. The largest absolute Gasteiger partial charge is 0.399 e. The van der Waals surface area contributed by atoms with Crippen molar-refractivity contribution < 1.29 is 14.7 Å². The summed E-state index contributed by atoms with van der Waals surface area (Å²) >= 11 is 1.33. The Morgan fingerprint density at radius 3 is 2.94 bits per heavy atom. The molecule has 5 N–H and O–H groups in total. The third-order valence-electron chi connectivity index (χ3n) is 2.55. The van der Waals surface area contributed by atoms with E-state index in [0.717, 1.165) is 9.80 Å².